The van der Waals surface area contributed by atoms with Crippen LogP contribution in [0.2, 0.25) is 0 Å². The van der Waals surface area contributed by atoms with Gasteiger partial charge in [0.2, 0.25) is 0 Å². The fraction of sp³-hybridized carbons (Fsp3) is 0.304. The maximum Gasteiger partial charge on any atom is 0.191 e. The summed E-state index contributed by atoms with van der Waals surface area (Å²) >= 11 is 0. The van der Waals surface area contributed by atoms with Crippen LogP contribution >= 0.6 is 24.0 Å². The predicted molar refractivity (Wildman–Crippen MR) is 135 cm³/mol. The molecule has 0 aliphatic heterocycles. The molecule has 160 valence electrons. The smallest absolute Gasteiger partial charge is 0.191 e. The van der Waals surface area contributed by atoms with Gasteiger partial charge in [-0.1, -0.05) is 36.4 Å². The molecule has 6 nitrogen and oxygen atoms in total. The topological polar surface area (TPSA) is 57.5 Å². The van der Waals surface area contributed by atoms with Crippen LogP contribution in [0.1, 0.15) is 16.7 Å². The van der Waals surface area contributed by atoms with E-state index < -0.39 is 0 Å². The van der Waals surface area contributed by atoms with Crippen LogP contribution in [-0.2, 0) is 19.5 Å². The van der Waals surface area contributed by atoms with Gasteiger partial charge in [0.05, 0.1) is 5.69 Å². The number of aromatic nitrogens is 2. The maximum atomic E-state index is 4.32. The van der Waals surface area contributed by atoms with E-state index in [2.05, 4.69) is 88.3 Å². The van der Waals surface area contributed by atoms with Crippen molar-refractivity contribution in [3.63, 3.8) is 0 Å². The van der Waals surface area contributed by atoms with Crippen molar-refractivity contribution in [3.8, 4) is 5.69 Å². The second-order valence-corrected chi connectivity index (χ2v) is 7.27. The molecule has 1 heterocycles. The first-order valence-electron chi connectivity index (χ1n) is 9.90. The van der Waals surface area contributed by atoms with Gasteiger partial charge in [0.15, 0.2) is 5.96 Å². The van der Waals surface area contributed by atoms with Crippen molar-refractivity contribution in [2.75, 3.05) is 27.7 Å². The lowest BCUT2D eigenvalue weighted by atomic mass is 10.1. The van der Waals surface area contributed by atoms with Crippen molar-refractivity contribution in [1.29, 1.82) is 0 Å². The van der Waals surface area contributed by atoms with Crippen LogP contribution in [0, 0.1) is 0 Å². The van der Waals surface area contributed by atoms with Gasteiger partial charge in [-0.05, 0) is 55.4 Å². The summed E-state index contributed by atoms with van der Waals surface area (Å²) < 4.78 is 1.86. The van der Waals surface area contributed by atoms with Gasteiger partial charge in [-0.2, -0.15) is 5.10 Å². The monoisotopic (exact) mass is 518 g/mol. The lowest BCUT2D eigenvalue weighted by molar-refractivity contribution is 0.402. The molecule has 0 atom stereocenters. The lowest BCUT2D eigenvalue weighted by Gasteiger charge is -2.13. The van der Waals surface area contributed by atoms with E-state index in [1.165, 1.54) is 16.7 Å². The molecule has 0 spiro atoms. The van der Waals surface area contributed by atoms with Crippen LogP contribution in [0.15, 0.2) is 72.0 Å². The van der Waals surface area contributed by atoms with E-state index in [4.69, 9.17) is 0 Å². The van der Waals surface area contributed by atoms with Gasteiger partial charge in [0, 0.05) is 39.1 Å². The Morgan fingerprint density at radius 2 is 1.63 bits per heavy atom. The van der Waals surface area contributed by atoms with Crippen molar-refractivity contribution < 1.29 is 0 Å². The Balaban J connectivity index is 0.00000320. The molecule has 30 heavy (non-hydrogen) atoms. The van der Waals surface area contributed by atoms with E-state index in [1.54, 1.807) is 13.2 Å². The molecule has 0 radical (unpaired) electrons. The van der Waals surface area contributed by atoms with Crippen LogP contribution in [-0.4, -0.2) is 48.3 Å². The fourth-order valence-corrected chi connectivity index (χ4v) is 3.10. The quantitative estimate of drug-likeness (QED) is 0.273. The third kappa shape index (κ3) is 7.46. The fourth-order valence-electron chi connectivity index (χ4n) is 3.10. The SMILES string of the molecule is CN=C(NCCc1ccc(-n2cccn2)cc1)NCc1ccc(CN(C)C)cc1.I. The van der Waals surface area contributed by atoms with Crippen LogP contribution in [0.4, 0.5) is 0 Å². The Morgan fingerprint density at radius 1 is 0.967 bits per heavy atom. The molecule has 0 aliphatic rings. The van der Waals surface area contributed by atoms with Crippen LogP contribution < -0.4 is 10.6 Å². The zero-order chi connectivity index (χ0) is 20.5. The normalized spacial score (nSPS) is 11.3. The number of rotatable bonds is 8. The maximum absolute atomic E-state index is 4.32. The van der Waals surface area contributed by atoms with Crippen molar-refractivity contribution >= 4 is 29.9 Å². The van der Waals surface area contributed by atoms with Gasteiger partial charge in [0.25, 0.3) is 0 Å². The summed E-state index contributed by atoms with van der Waals surface area (Å²) in [6.45, 7) is 2.53. The summed E-state index contributed by atoms with van der Waals surface area (Å²) in [6.07, 6.45) is 4.66. The van der Waals surface area contributed by atoms with E-state index in [9.17, 15) is 0 Å². The number of hydrogen-bond acceptors (Lipinski definition) is 3. The Hall–Kier alpha value is -2.39. The standard InChI is InChI=1S/C23H30N6.HI/c1-24-23(26-17-20-5-7-21(8-6-20)18-28(2)3)25-15-13-19-9-11-22(12-10-19)29-16-4-14-27-29;/h4-12,14,16H,13,15,17-18H2,1-3H3,(H2,24,25,26);1H. The zero-order valence-corrected chi connectivity index (χ0v) is 20.2. The molecule has 3 rings (SSSR count). The molecule has 3 aromatic rings. The summed E-state index contributed by atoms with van der Waals surface area (Å²) in [6, 6.07) is 19.1. The predicted octanol–water partition coefficient (Wildman–Crippen LogP) is 3.46. The van der Waals surface area contributed by atoms with Gasteiger partial charge in [-0.3, -0.25) is 4.99 Å². The molecule has 2 aromatic carbocycles. The number of guanidine groups is 1. The van der Waals surface area contributed by atoms with E-state index in [0.717, 1.165) is 37.7 Å². The molecule has 7 heteroatoms. The molecule has 1 aromatic heterocycles. The van der Waals surface area contributed by atoms with E-state index in [0.29, 0.717) is 0 Å². The van der Waals surface area contributed by atoms with Gasteiger partial charge in [-0.15, -0.1) is 24.0 Å². The van der Waals surface area contributed by atoms with Crippen LogP contribution in [0.5, 0.6) is 0 Å². The third-order valence-electron chi connectivity index (χ3n) is 4.62. The Morgan fingerprint density at radius 3 is 2.23 bits per heavy atom. The van der Waals surface area contributed by atoms with Gasteiger partial charge < -0.3 is 15.5 Å². The molecule has 0 amide bonds. The van der Waals surface area contributed by atoms with Gasteiger partial charge >= 0.3 is 0 Å². The second-order valence-electron chi connectivity index (χ2n) is 7.27. The summed E-state index contributed by atoms with van der Waals surface area (Å²) in [5, 5.41) is 11.0. The highest BCUT2D eigenvalue weighted by molar-refractivity contribution is 14.0. The molecule has 2 N–H and O–H groups in total. The van der Waals surface area contributed by atoms with Crippen molar-refractivity contribution in [1.82, 2.24) is 25.3 Å². The van der Waals surface area contributed by atoms with E-state index >= 15 is 0 Å². The Labute approximate surface area is 196 Å². The minimum atomic E-state index is 0. The number of benzene rings is 2. The number of aliphatic imine (C=N–C) groups is 1. The van der Waals surface area contributed by atoms with Gasteiger partial charge in [0.1, 0.15) is 0 Å². The molecule has 0 fully saturated rings. The molecular weight excluding hydrogens is 487 g/mol. The Kier molecular flexibility index (Phi) is 9.82. The molecule has 0 unspecified atom stereocenters. The molecule has 0 saturated carbocycles. The summed E-state index contributed by atoms with van der Waals surface area (Å²) in [5.41, 5.74) is 4.91. The third-order valence-corrected chi connectivity index (χ3v) is 4.62. The van der Waals surface area contributed by atoms with Crippen molar-refractivity contribution in [3.05, 3.63) is 83.7 Å². The summed E-state index contributed by atoms with van der Waals surface area (Å²) in [5.74, 6) is 0.815. The largest absolute Gasteiger partial charge is 0.356 e. The average molecular weight is 518 g/mol. The lowest BCUT2D eigenvalue weighted by Crippen LogP contribution is -2.37. The number of nitrogens with one attached hydrogen (secondary N) is 2. The first-order valence-corrected chi connectivity index (χ1v) is 9.90. The highest BCUT2D eigenvalue weighted by Gasteiger charge is 2.01. The molecule has 0 bridgehead atoms. The van der Waals surface area contributed by atoms with Gasteiger partial charge in [-0.25, -0.2) is 4.68 Å². The van der Waals surface area contributed by atoms with E-state index in [-0.39, 0.29) is 24.0 Å². The number of hydrogen-bond donors (Lipinski definition) is 2. The minimum absolute atomic E-state index is 0. The summed E-state index contributed by atoms with van der Waals surface area (Å²) in [4.78, 5) is 6.49. The zero-order valence-electron chi connectivity index (χ0n) is 17.9. The first kappa shape index (κ1) is 23.9. The van der Waals surface area contributed by atoms with Crippen LogP contribution in [0.3, 0.4) is 0 Å². The number of nitrogens with zero attached hydrogens (tertiary/aromatic N) is 4. The average Bonchev–Trinajstić information content (AvgIpc) is 3.26. The summed E-state index contributed by atoms with van der Waals surface area (Å²) in [7, 11) is 5.96. The Bertz CT molecular complexity index is 886. The van der Waals surface area contributed by atoms with Crippen molar-refractivity contribution in [2.24, 2.45) is 4.99 Å². The first-order chi connectivity index (χ1) is 14.1. The highest BCUT2D eigenvalue weighted by Crippen LogP contribution is 2.09. The highest BCUT2D eigenvalue weighted by atomic mass is 127. The molecular formula is C23H31IN6. The van der Waals surface area contributed by atoms with Crippen molar-refractivity contribution in [2.45, 2.75) is 19.5 Å². The van der Waals surface area contributed by atoms with E-state index in [1.807, 2.05) is 16.9 Å². The molecule has 0 aliphatic carbocycles. The van der Waals surface area contributed by atoms with Crippen LogP contribution in [0.25, 0.3) is 5.69 Å². The minimum Gasteiger partial charge on any atom is -0.356 e. The number of halogens is 1. The molecule has 0 saturated heterocycles. The second kappa shape index (κ2) is 12.3.